The number of benzene rings is 2. The number of esters is 1. The number of aryl methyl sites for hydroxylation is 2. The van der Waals surface area contributed by atoms with E-state index in [-0.39, 0.29) is 24.6 Å². The maximum atomic E-state index is 13.9. The second kappa shape index (κ2) is 9.70. The van der Waals surface area contributed by atoms with Crippen LogP contribution in [-0.2, 0) is 33.6 Å². The van der Waals surface area contributed by atoms with Crippen molar-refractivity contribution in [2.45, 2.75) is 39.0 Å². The number of carboxylic acids is 1. The Kier molecular flexibility index (Phi) is 7.33. The van der Waals surface area contributed by atoms with Crippen molar-refractivity contribution in [2.24, 2.45) is 0 Å². The van der Waals surface area contributed by atoms with Gasteiger partial charge in [-0.15, -0.1) is 0 Å². The molecule has 0 radical (unpaired) electrons. The second-order valence-corrected chi connectivity index (χ2v) is 6.12. The zero-order valence-electron chi connectivity index (χ0n) is 14.8. The Balaban J connectivity index is 2.20. The quantitative estimate of drug-likeness (QED) is 0.690. The van der Waals surface area contributed by atoms with E-state index in [1.807, 2.05) is 18.2 Å². The highest BCUT2D eigenvalue weighted by atomic mass is 19.1. The first-order valence-electron chi connectivity index (χ1n) is 8.70. The lowest BCUT2D eigenvalue weighted by Crippen LogP contribution is -2.06. The van der Waals surface area contributed by atoms with E-state index in [1.54, 1.807) is 25.1 Å². The Hall–Kier alpha value is -2.69. The number of hydrogen-bond acceptors (Lipinski definition) is 3. The van der Waals surface area contributed by atoms with Crippen LogP contribution in [0.4, 0.5) is 4.39 Å². The highest BCUT2D eigenvalue weighted by Gasteiger charge is 2.09. The molecule has 0 heterocycles. The third-order valence-corrected chi connectivity index (χ3v) is 4.02. The fraction of sp³-hybridized carbons (Fsp3) is 0.333. The Morgan fingerprint density at radius 1 is 1.00 bits per heavy atom. The number of halogens is 1. The summed E-state index contributed by atoms with van der Waals surface area (Å²) in [7, 11) is 0. The maximum absolute atomic E-state index is 13.9. The molecule has 0 fully saturated rings. The molecule has 138 valence electrons. The third kappa shape index (κ3) is 6.31. The van der Waals surface area contributed by atoms with Crippen LogP contribution in [-0.4, -0.2) is 23.7 Å². The van der Waals surface area contributed by atoms with Gasteiger partial charge in [-0.05, 0) is 48.1 Å². The van der Waals surface area contributed by atoms with Crippen LogP contribution in [0.15, 0.2) is 42.5 Å². The van der Waals surface area contributed by atoms with E-state index in [0.29, 0.717) is 31.4 Å². The minimum atomic E-state index is -0.863. The number of carbonyl (C=O) groups is 2. The summed E-state index contributed by atoms with van der Waals surface area (Å²) in [5.41, 5.74) is 3.28. The molecule has 2 rings (SSSR count). The first kappa shape index (κ1) is 19.6. The summed E-state index contributed by atoms with van der Waals surface area (Å²) in [5, 5.41) is 8.91. The minimum Gasteiger partial charge on any atom is -0.481 e. The molecule has 5 heteroatoms. The largest absolute Gasteiger partial charge is 0.481 e. The first-order chi connectivity index (χ1) is 12.5. The van der Waals surface area contributed by atoms with Gasteiger partial charge in [-0.2, -0.15) is 0 Å². The molecule has 0 spiro atoms. The lowest BCUT2D eigenvalue weighted by molar-refractivity contribution is -0.143. The molecule has 2 aromatic rings. The fourth-order valence-corrected chi connectivity index (χ4v) is 2.82. The van der Waals surface area contributed by atoms with Gasteiger partial charge in [-0.1, -0.05) is 36.4 Å². The van der Waals surface area contributed by atoms with Crippen LogP contribution in [0.5, 0.6) is 0 Å². The molecular formula is C21H23FO4. The van der Waals surface area contributed by atoms with Crippen LogP contribution < -0.4 is 0 Å². The zero-order chi connectivity index (χ0) is 18.9. The van der Waals surface area contributed by atoms with Gasteiger partial charge in [-0.3, -0.25) is 9.59 Å². The van der Waals surface area contributed by atoms with E-state index in [4.69, 9.17) is 9.84 Å². The van der Waals surface area contributed by atoms with Crippen molar-refractivity contribution in [2.75, 3.05) is 6.61 Å². The zero-order valence-corrected chi connectivity index (χ0v) is 14.8. The number of aliphatic carboxylic acids is 1. The van der Waals surface area contributed by atoms with E-state index in [2.05, 4.69) is 0 Å². The van der Waals surface area contributed by atoms with Crippen molar-refractivity contribution < 1.29 is 23.8 Å². The molecule has 0 aromatic heterocycles. The van der Waals surface area contributed by atoms with Crippen LogP contribution >= 0.6 is 0 Å². The van der Waals surface area contributed by atoms with Crippen LogP contribution in [0.3, 0.4) is 0 Å². The summed E-state index contributed by atoms with van der Waals surface area (Å²) < 4.78 is 18.9. The summed E-state index contributed by atoms with van der Waals surface area (Å²) in [4.78, 5) is 22.4. The maximum Gasteiger partial charge on any atom is 0.306 e. The van der Waals surface area contributed by atoms with Crippen molar-refractivity contribution in [3.8, 4) is 0 Å². The molecule has 1 N–H and O–H groups in total. The van der Waals surface area contributed by atoms with Gasteiger partial charge in [-0.25, -0.2) is 4.39 Å². The SMILES string of the molecule is CCOC(=O)CCc1cc(CCC(=O)O)cc(Cc2ccccc2F)c1. The molecule has 4 nitrogen and oxygen atoms in total. The number of rotatable bonds is 9. The summed E-state index contributed by atoms with van der Waals surface area (Å²) in [5.74, 6) is -1.40. The molecule has 0 bridgehead atoms. The van der Waals surface area contributed by atoms with Gasteiger partial charge in [0, 0.05) is 19.3 Å². The van der Waals surface area contributed by atoms with Crippen LogP contribution in [0.1, 0.15) is 42.0 Å². The van der Waals surface area contributed by atoms with Gasteiger partial charge in [0.2, 0.25) is 0 Å². The lowest BCUT2D eigenvalue weighted by atomic mass is 9.96. The smallest absolute Gasteiger partial charge is 0.306 e. The van der Waals surface area contributed by atoms with Crippen molar-refractivity contribution >= 4 is 11.9 Å². The molecular weight excluding hydrogens is 335 g/mol. The molecule has 0 amide bonds. The molecule has 0 aliphatic carbocycles. The molecule has 0 unspecified atom stereocenters. The highest BCUT2D eigenvalue weighted by Crippen LogP contribution is 2.19. The van der Waals surface area contributed by atoms with E-state index in [0.717, 1.165) is 16.7 Å². The Bertz CT molecular complexity index is 770. The topological polar surface area (TPSA) is 63.6 Å². The van der Waals surface area contributed by atoms with Gasteiger partial charge in [0.05, 0.1) is 6.61 Å². The molecule has 0 saturated heterocycles. The lowest BCUT2D eigenvalue weighted by Gasteiger charge is -2.10. The van der Waals surface area contributed by atoms with Crippen molar-refractivity contribution in [3.05, 3.63) is 70.5 Å². The average molecular weight is 358 g/mol. The molecule has 0 saturated carbocycles. The van der Waals surface area contributed by atoms with Crippen molar-refractivity contribution in [1.82, 2.24) is 0 Å². The van der Waals surface area contributed by atoms with E-state index < -0.39 is 5.97 Å². The van der Waals surface area contributed by atoms with Crippen LogP contribution in [0.25, 0.3) is 0 Å². The van der Waals surface area contributed by atoms with Gasteiger partial charge in [0.25, 0.3) is 0 Å². The number of carbonyl (C=O) groups excluding carboxylic acids is 1. The van der Waals surface area contributed by atoms with E-state index in [9.17, 15) is 14.0 Å². The summed E-state index contributed by atoms with van der Waals surface area (Å²) in [6.07, 6.45) is 1.60. The number of hydrogen-bond donors (Lipinski definition) is 1. The van der Waals surface area contributed by atoms with Gasteiger partial charge >= 0.3 is 11.9 Å². The Labute approximate surface area is 152 Å². The van der Waals surface area contributed by atoms with Crippen LogP contribution in [0.2, 0.25) is 0 Å². The highest BCUT2D eigenvalue weighted by molar-refractivity contribution is 5.69. The third-order valence-electron chi connectivity index (χ3n) is 4.02. The number of ether oxygens (including phenoxy) is 1. The molecule has 26 heavy (non-hydrogen) atoms. The predicted octanol–water partition coefficient (Wildman–Crippen LogP) is 3.93. The van der Waals surface area contributed by atoms with Crippen molar-refractivity contribution in [1.29, 1.82) is 0 Å². The van der Waals surface area contributed by atoms with Gasteiger partial charge in [0.15, 0.2) is 0 Å². The molecule has 0 aliphatic heterocycles. The normalized spacial score (nSPS) is 10.5. The summed E-state index contributed by atoms with van der Waals surface area (Å²) in [6, 6.07) is 12.3. The van der Waals surface area contributed by atoms with Gasteiger partial charge in [0.1, 0.15) is 5.82 Å². The Morgan fingerprint density at radius 2 is 1.62 bits per heavy atom. The van der Waals surface area contributed by atoms with Crippen molar-refractivity contribution in [3.63, 3.8) is 0 Å². The van der Waals surface area contributed by atoms with Crippen LogP contribution in [0, 0.1) is 5.82 Å². The standard InChI is InChI=1S/C21H23FO4/c1-2-26-21(25)10-8-16-11-15(7-9-20(23)24)12-17(13-16)14-18-5-3-4-6-19(18)22/h3-6,11-13H,2,7-10,14H2,1H3,(H,23,24). The summed E-state index contributed by atoms with van der Waals surface area (Å²) >= 11 is 0. The van der Waals surface area contributed by atoms with E-state index >= 15 is 0 Å². The average Bonchev–Trinajstić information content (AvgIpc) is 2.60. The molecule has 2 aromatic carbocycles. The first-order valence-corrected chi connectivity index (χ1v) is 8.70. The fourth-order valence-electron chi connectivity index (χ4n) is 2.82. The summed E-state index contributed by atoms with van der Waals surface area (Å²) in [6.45, 7) is 2.10. The second-order valence-electron chi connectivity index (χ2n) is 6.12. The van der Waals surface area contributed by atoms with Gasteiger partial charge < -0.3 is 9.84 Å². The monoisotopic (exact) mass is 358 g/mol. The molecule has 0 aliphatic rings. The minimum absolute atomic E-state index is 0.0282. The Morgan fingerprint density at radius 3 is 2.23 bits per heavy atom. The predicted molar refractivity (Wildman–Crippen MR) is 96.6 cm³/mol. The molecule has 0 atom stereocenters. The number of carboxylic acid groups (broad SMARTS) is 1. The van der Waals surface area contributed by atoms with E-state index in [1.165, 1.54) is 6.07 Å².